The number of aryl methyl sites for hydroxylation is 1. The van der Waals surface area contributed by atoms with Crippen LogP contribution in [-0.4, -0.2) is 13.1 Å². The van der Waals surface area contributed by atoms with Crippen molar-refractivity contribution < 1.29 is 14.3 Å². The zero-order valence-corrected chi connectivity index (χ0v) is 15.2. The van der Waals surface area contributed by atoms with E-state index in [1.165, 1.54) is 13.2 Å². The summed E-state index contributed by atoms with van der Waals surface area (Å²) in [5.41, 5.74) is 2.50. The van der Waals surface area contributed by atoms with Crippen molar-refractivity contribution in [3.05, 3.63) is 68.7 Å². The lowest BCUT2D eigenvalue weighted by molar-refractivity contribution is -0.135. The van der Waals surface area contributed by atoms with Crippen LogP contribution in [0.5, 0.6) is 5.75 Å². The minimum absolute atomic E-state index is 0.150. The number of carbonyl (C=O) groups excluding carboxylic acids is 1. The third kappa shape index (κ3) is 4.99. The number of nitrogens with zero attached hydrogens (tertiary/aromatic N) is 1. The molecule has 0 N–H and O–H groups in total. The van der Waals surface area contributed by atoms with Crippen LogP contribution in [0.1, 0.15) is 16.7 Å². The molecule has 0 fully saturated rings. The second-order valence-corrected chi connectivity index (χ2v) is 6.06. The van der Waals surface area contributed by atoms with Crippen LogP contribution in [-0.2, 0) is 16.1 Å². The van der Waals surface area contributed by atoms with Crippen LogP contribution in [0.4, 0.5) is 0 Å². The molecule has 0 saturated carbocycles. The van der Waals surface area contributed by atoms with Crippen LogP contribution in [0.2, 0.25) is 10.0 Å². The number of halogens is 2. The Morgan fingerprint density at radius 3 is 2.32 bits per heavy atom. The first kappa shape index (κ1) is 18.9. The van der Waals surface area contributed by atoms with Crippen LogP contribution in [0.3, 0.4) is 0 Å². The van der Waals surface area contributed by atoms with Gasteiger partial charge in [-0.05, 0) is 36.3 Å². The van der Waals surface area contributed by atoms with Gasteiger partial charge in [-0.3, -0.25) is 0 Å². The average molecular weight is 376 g/mol. The highest BCUT2D eigenvalue weighted by atomic mass is 35.5. The van der Waals surface area contributed by atoms with E-state index in [-0.39, 0.29) is 15.6 Å². The first-order chi connectivity index (χ1) is 11.9. The Morgan fingerprint density at radius 2 is 1.80 bits per heavy atom. The molecule has 0 aliphatic heterocycles. The van der Waals surface area contributed by atoms with Gasteiger partial charge in [-0.2, -0.15) is 5.26 Å². The molecule has 2 aromatic carbocycles. The average Bonchev–Trinajstić information content (AvgIpc) is 2.59. The zero-order chi connectivity index (χ0) is 18.4. The van der Waals surface area contributed by atoms with Gasteiger partial charge in [0.2, 0.25) is 0 Å². The molecule has 0 spiro atoms. The van der Waals surface area contributed by atoms with Crippen LogP contribution in [0, 0.1) is 18.3 Å². The third-order valence-corrected chi connectivity index (χ3v) is 3.92. The number of hydrogen-bond acceptors (Lipinski definition) is 4. The molecule has 0 saturated heterocycles. The van der Waals surface area contributed by atoms with Crippen molar-refractivity contribution in [2.45, 2.75) is 13.5 Å². The summed E-state index contributed by atoms with van der Waals surface area (Å²) in [6.07, 6.45) is 1.35. The number of nitriles is 1. The smallest absolute Gasteiger partial charge is 0.348 e. The minimum atomic E-state index is -0.727. The quantitative estimate of drug-likeness (QED) is 0.420. The molecule has 2 aromatic rings. The van der Waals surface area contributed by atoms with E-state index < -0.39 is 5.97 Å². The largest absolute Gasteiger partial charge is 0.486 e. The van der Waals surface area contributed by atoms with E-state index in [2.05, 4.69) is 4.74 Å². The number of benzene rings is 2. The molecule has 0 radical (unpaired) electrons. The monoisotopic (exact) mass is 375 g/mol. The second kappa shape index (κ2) is 8.57. The molecular formula is C19H15Cl2NO3. The summed E-state index contributed by atoms with van der Waals surface area (Å²) in [4.78, 5) is 11.5. The summed E-state index contributed by atoms with van der Waals surface area (Å²) in [7, 11) is 1.20. The van der Waals surface area contributed by atoms with E-state index in [0.717, 1.165) is 11.1 Å². The Hall–Kier alpha value is -2.48. The van der Waals surface area contributed by atoms with Gasteiger partial charge in [-0.25, -0.2) is 4.79 Å². The van der Waals surface area contributed by atoms with Gasteiger partial charge >= 0.3 is 5.97 Å². The number of ether oxygens (including phenoxy) is 2. The van der Waals surface area contributed by atoms with Crippen molar-refractivity contribution in [3.63, 3.8) is 0 Å². The first-order valence-electron chi connectivity index (χ1n) is 7.32. The summed E-state index contributed by atoms with van der Waals surface area (Å²) >= 11 is 12.5. The van der Waals surface area contributed by atoms with Gasteiger partial charge in [-0.1, -0.05) is 53.0 Å². The Labute approximate surface area is 156 Å². The number of esters is 1. The lowest BCUT2D eigenvalue weighted by Crippen LogP contribution is -2.02. The number of hydrogen-bond donors (Lipinski definition) is 0. The molecule has 128 valence electrons. The van der Waals surface area contributed by atoms with Crippen LogP contribution >= 0.6 is 23.2 Å². The van der Waals surface area contributed by atoms with Gasteiger partial charge in [0.1, 0.15) is 18.2 Å². The van der Waals surface area contributed by atoms with Crippen molar-refractivity contribution in [2.24, 2.45) is 0 Å². The molecule has 4 nitrogen and oxygen atoms in total. The molecule has 0 amide bonds. The van der Waals surface area contributed by atoms with E-state index in [4.69, 9.17) is 33.2 Å². The topological polar surface area (TPSA) is 59.3 Å². The molecule has 0 aliphatic rings. The van der Waals surface area contributed by atoms with Gasteiger partial charge in [0.15, 0.2) is 5.75 Å². The normalized spacial score (nSPS) is 10.9. The van der Waals surface area contributed by atoms with E-state index >= 15 is 0 Å². The Bertz CT molecular complexity index is 829. The fraction of sp³-hybridized carbons (Fsp3) is 0.158. The number of rotatable bonds is 5. The molecule has 0 bridgehead atoms. The molecule has 25 heavy (non-hydrogen) atoms. The maximum absolute atomic E-state index is 11.5. The van der Waals surface area contributed by atoms with Crippen LogP contribution in [0.25, 0.3) is 6.08 Å². The highest BCUT2D eigenvalue weighted by molar-refractivity contribution is 6.37. The highest BCUT2D eigenvalue weighted by Crippen LogP contribution is 2.35. The predicted molar refractivity (Wildman–Crippen MR) is 97.6 cm³/mol. The summed E-state index contributed by atoms with van der Waals surface area (Å²) < 4.78 is 10.2. The van der Waals surface area contributed by atoms with Crippen molar-refractivity contribution in [1.29, 1.82) is 5.26 Å². The van der Waals surface area contributed by atoms with E-state index in [1.54, 1.807) is 18.2 Å². The number of methoxy groups -OCH3 is 1. The van der Waals surface area contributed by atoms with Gasteiger partial charge in [0, 0.05) is 0 Å². The maximum atomic E-state index is 11.5. The first-order valence-corrected chi connectivity index (χ1v) is 8.07. The molecule has 0 atom stereocenters. The molecule has 2 rings (SSSR count). The standard InChI is InChI=1S/C19H15Cl2NO3/c1-12-3-5-13(6-4-12)11-25-18-16(20)8-14(9-17(18)21)7-15(10-22)19(23)24-2/h3-9H,11H2,1-2H3/b15-7+. The molecule has 0 heterocycles. The summed E-state index contributed by atoms with van der Waals surface area (Å²) in [5.74, 6) is -0.382. The maximum Gasteiger partial charge on any atom is 0.348 e. The fourth-order valence-electron chi connectivity index (χ4n) is 2.05. The van der Waals surface area contributed by atoms with Crippen LogP contribution in [0.15, 0.2) is 42.0 Å². The lowest BCUT2D eigenvalue weighted by atomic mass is 10.1. The minimum Gasteiger partial charge on any atom is -0.486 e. The van der Waals surface area contributed by atoms with E-state index in [9.17, 15) is 4.79 Å². The lowest BCUT2D eigenvalue weighted by Gasteiger charge is -2.11. The molecule has 6 heteroatoms. The van der Waals surface area contributed by atoms with Gasteiger partial charge in [0.25, 0.3) is 0 Å². The third-order valence-electron chi connectivity index (χ3n) is 3.36. The molecule has 0 aliphatic carbocycles. The van der Waals surface area contributed by atoms with Gasteiger partial charge < -0.3 is 9.47 Å². The molecule has 0 unspecified atom stereocenters. The van der Waals surface area contributed by atoms with Crippen molar-refractivity contribution in [3.8, 4) is 11.8 Å². The SMILES string of the molecule is COC(=O)/C(C#N)=C/c1cc(Cl)c(OCc2ccc(C)cc2)c(Cl)c1. The number of carbonyl (C=O) groups is 1. The highest BCUT2D eigenvalue weighted by Gasteiger charge is 2.13. The second-order valence-electron chi connectivity index (χ2n) is 5.25. The Morgan fingerprint density at radius 1 is 1.20 bits per heavy atom. The van der Waals surface area contributed by atoms with Gasteiger partial charge in [0.05, 0.1) is 17.2 Å². The Balaban J connectivity index is 2.22. The zero-order valence-electron chi connectivity index (χ0n) is 13.7. The van der Waals surface area contributed by atoms with Crippen molar-refractivity contribution >= 4 is 35.2 Å². The Kier molecular flexibility index (Phi) is 6.46. The molecular weight excluding hydrogens is 361 g/mol. The van der Waals surface area contributed by atoms with Crippen LogP contribution < -0.4 is 4.74 Å². The summed E-state index contributed by atoms with van der Waals surface area (Å²) in [6, 6.07) is 12.8. The van der Waals surface area contributed by atoms with E-state index in [1.807, 2.05) is 31.2 Å². The predicted octanol–water partition coefficient (Wildman–Crippen LogP) is 4.96. The summed E-state index contributed by atoms with van der Waals surface area (Å²) in [6.45, 7) is 2.33. The molecule has 0 aromatic heterocycles. The van der Waals surface area contributed by atoms with E-state index in [0.29, 0.717) is 17.9 Å². The van der Waals surface area contributed by atoms with Crippen molar-refractivity contribution in [1.82, 2.24) is 0 Å². The summed E-state index contributed by atoms with van der Waals surface area (Å²) in [5, 5.41) is 9.57. The fourth-order valence-corrected chi connectivity index (χ4v) is 2.67. The van der Waals surface area contributed by atoms with Gasteiger partial charge in [-0.15, -0.1) is 0 Å². The van der Waals surface area contributed by atoms with Crippen molar-refractivity contribution in [2.75, 3.05) is 7.11 Å².